The maximum Gasteiger partial charge on any atom is 0.159 e. The first-order valence-corrected chi connectivity index (χ1v) is 11.6. The Hall–Kier alpha value is -4.46. The van der Waals surface area contributed by atoms with E-state index in [0.29, 0.717) is 46.0 Å². The van der Waals surface area contributed by atoms with E-state index in [1.807, 2.05) is 45.2 Å². The topological polar surface area (TPSA) is 88.9 Å². The van der Waals surface area contributed by atoms with E-state index in [-0.39, 0.29) is 0 Å². The summed E-state index contributed by atoms with van der Waals surface area (Å²) in [4.78, 5) is 26.6. The number of hydrogen-bond donors (Lipinski definition) is 1. The van der Waals surface area contributed by atoms with Gasteiger partial charge in [0.1, 0.15) is 17.3 Å². The largest absolute Gasteiger partial charge is 0.497 e. The highest BCUT2D eigenvalue weighted by Gasteiger charge is 2.19. The zero-order valence-corrected chi connectivity index (χ0v) is 20.5. The van der Waals surface area contributed by atoms with Crippen LogP contribution in [0.4, 0.5) is 4.39 Å². The van der Waals surface area contributed by atoms with Crippen LogP contribution in [0.15, 0.2) is 66.2 Å². The van der Waals surface area contributed by atoms with E-state index in [9.17, 15) is 4.39 Å². The monoisotopic (exact) mass is 480 g/mol. The minimum absolute atomic E-state index is 0.396. The second-order valence-corrected chi connectivity index (χ2v) is 8.42. The second-order valence-electron chi connectivity index (χ2n) is 8.42. The third-order valence-corrected chi connectivity index (χ3v) is 5.99. The third-order valence-electron chi connectivity index (χ3n) is 5.99. The Labute approximate surface area is 208 Å². The number of aromatic amines is 1. The summed E-state index contributed by atoms with van der Waals surface area (Å²) < 4.78 is 19.5. The molecule has 180 valence electrons. The molecule has 7 nitrogen and oxygen atoms in total. The number of nitrogens with one attached hydrogen (secondary N) is 1. The van der Waals surface area contributed by atoms with Gasteiger partial charge in [0.25, 0.3) is 0 Å². The fourth-order valence-corrected chi connectivity index (χ4v) is 4.16. The lowest BCUT2D eigenvalue weighted by molar-refractivity contribution is 0.411. The lowest BCUT2D eigenvalue weighted by Gasteiger charge is -2.11. The minimum atomic E-state index is -0.396. The van der Waals surface area contributed by atoms with Gasteiger partial charge >= 0.3 is 0 Å². The summed E-state index contributed by atoms with van der Waals surface area (Å²) in [6.07, 6.45) is 6.96. The molecule has 4 aromatic heterocycles. The van der Waals surface area contributed by atoms with Gasteiger partial charge in [-0.25, -0.2) is 14.4 Å². The zero-order chi connectivity index (χ0) is 25.2. The molecule has 4 heterocycles. The normalized spacial score (nSPS) is 11.8. The summed E-state index contributed by atoms with van der Waals surface area (Å²) in [6.45, 7) is 6.56. The fourth-order valence-electron chi connectivity index (χ4n) is 4.16. The zero-order valence-electron chi connectivity index (χ0n) is 20.5. The number of H-pyrrole nitrogens is 1. The first-order chi connectivity index (χ1) is 17.5. The molecule has 0 saturated heterocycles. The molecule has 1 N–H and O–H groups in total. The molecule has 1 aromatic carbocycles. The molecule has 0 atom stereocenters. The number of aryl methyl sites for hydroxylation is 2. The van der Waals surface area contributed by atoms with Crippen LogP contribution >= 0.6 is 0 Å². The Kier molecular flexibility index (Phi) is 6.25. The van der Waals surface area contributed by atoms with Crippen LogP contribution in [0, 0.1) is 19.7 Å². The van der Waals surface area contributed by atoms with Gasteiger partial charge in [-0.15, -0.1) is 0 Å². The summed E-state index contributed by atoms with van der Waals surface area (Å²) in [5.74, 6) is 0.598. The molecule has 0 saturated carbocycles. The molecule has 0 aliphatic rings. The predicted octanol–water partition coefficient (Wildman–Crippen LogP) is 5.70. The van der Waals surface area contributed by atoms with Crippen LogP contribution < -0.4 is 4.74 Å². The molecule has 0 unspecified atom stereocenters. The van der Waals surface area contributed by atoms with Crippen molar-refractivity contribution < 1.29 is 9.13 Å². The molecule has 5 aromatic rings. The highest BCUT2D eigenvalue weighted by atomic mass is 19.1. The van der Waals surface area contributed by atoms with E-state index in [1.54, 1.807) is 24.7 Å². The van der Waals surface area contributed by atoms with Crippen molar-refractivity contribution in [1.29, 1.82) is 0 Å². The number of benzene rings is 1. The van der Waals surface area contributed by atoms with E-state index >= 15 is 0 Å². The van der Waals surface area contributed by atoms with E-state index in [2.05, 4.69) is 15.0 Å². The maximum absolute atomic E-state index is 14.2. The number of methoxy groups -OCH3 is 1. The summed E-state index contributed by atoms with van der Waals surface area (Å²) in [7, 11) is 1.51. The van der Waals surface area contributed by atoms with Gasteiger partial charge in [0.15, 0.2) is 5.82 Å². The molecular formula is C28H25FN6O. The van der Waals surface area contributed by atoms with Crippen molar-refractivity contribution >= 4 is 16.7 Å². The molecule has 0 aliphatic carbocycles. The summed E-state index contributed by atoms with van der Waals surface area (Å²) in [6, 6.07) is 10.5. The van der Waals surface area contributed by atoms with Crippen LogP contribution in [0.5, 0.6) is 5.75 Å². The molecule has 0 amide bonds. The van der Waals surface area contributed by atoms with Gasteiger partial charge in [-0.3, -0.25) is 15.0 Å². The summed E-state index contributed by atoms with van der Waals surface area (Å²) in [5.41, 5.74) is 7.91. The number of rotatable bonds is 6. The quantitative estimate of drug-likeness (QED) is 0.315. The molecule has 5 rings (SSSR count). The summed E-state index contributed by atoms with van der Waals surface area (Å²) >= 11 is 0. The molecule has 8 heteroatoms. The number of nitrogens with zero attached hydrogens (tertiary/aromatic N) is 5. The molecule has 0 aliphatic heterocycles. The maximum atomic E-state index is 14.2. The smallest absolute Gasteiger partial charge is 0.159 e. The number of hydrogen-bond acceptors (Lipinski definition) is 6. The number of aliphatic imine (C=N–C) groups is 1. The average molecular weight is 481 g/mol. The second kappa shape index (κ2) is 9.65. The predicted molar refractivity (Wildman–Crippen MR) is 139 cm³/mol. The van der Waals surface area contributed by atoms with Crippen molar-refractivity contribution in [2.45, 2.75) is 20.8 Å². The first kappa shape index (κ1) is 23.3. The number of pyridine rings is 3. The van der Waals surface area contributed by atoms with Crippen LogP contribution in [0.1, 0.15) is 29.6 Å². The standard InChI is InChI=1S/C28H25FN6O/c1-5-32-27(25-17(3)6-7-23(33-25)21-13-30-9-8-16(21)2)28-34-24-15-31-14-22(26(24)35-28)18-10-19(29)12-20(11-18)36-4/h6-15H,5H2,1-4H3,(H,34,35)/b32-27+. The van der Waals surface area contributed by atoms with Gasteiger partial charge in [-0.1, -0.05) is 6.07 Å². The van der Waals surface area contributed by atoms with Crippen LogP contribution in [0.3, 0.4) is 0 Å². The highest BCUT2D eigenvalue weighted by molar-refractivity contribution is 6.12. The molecular weight excluding hydrogens is 455 g/mol. The van der Waals surface area contributed by atoms with Crippen molar-refractivity contribution in [2.24, 2.45) is 4.99 Å². The first-order valence-electron chi connectivity index (χ1n) is 11.6. The van der Waals surface area contributed by atoms with Gasteiger partial charge in [-0.05, 0) is 61.7 Å². The Morgan fingerprint density at radius 3 is 2.58 bits per heavy atom. The van der Waals surface area contributed by atoms with Gasteiger partial charge < -0.3 is 9.72 Å². The van der Waals surface area contributed by atoms with E-state index in [0.717, 1.165) is 28.1 Å². The molecule has 0 spiro atoms. The fraction of sp³-hybridized carbons (Fsp3) is 0.179. The number of halogens is 1. The molecule has 0 bridgehead atoms. The van der Waals surface area contributed by atoms with E-state index in [4.69, 9.17) is 19.7 Å². The molecule has 0 fully saturated rings. The van der Waals surface area contributed by atoms with Gasteiger partial charge in [0.05, 0.1) is 35.7 Å². The van der Waals surface area contributed by atoms with Crippen molar-refractivity contribution in [3.63, 3.8) is 0 Å². The van der Waals surface area contributed by atoms with Gasteiger partial charge in [0, 0.05) is 42.3 Å². The van der Waals surface area contributed by atoms with Crippen molar-refractivity contribution in [3.05, 3.63) is 89.6 Å². The number of ether oxygens (including phenoxy) is 1. The van der Waals surface area contributed by atoms with Crippen LogP contribution in [-0.2, 0) is 0 Å². The number of aromatic nitrogens is 5. The van der Waals surface area contributed by atoms with Crippen molar-refractivity contribution in [1.82, 2.24) is 24.9 Å². The minimum Gasteiger partial charge on any atom is -0.497 e. The van der Waals surface area contributed by atoms with E-state index in [1.165, 1.54) is 19.2 Å². The number of fused-ring (bicyclic) bond motifs is 1. The van der Waals surface area contributed by atoms with Crippen LogP contribution in [0.2, 0.25) is 0 Å². The van der Waals surface area contributed by atoms with Gasteiger partial charge in [-0.2, -0.15) is 0 Å². The highest BCUT2D eigenvalue weighted by Crippen LogP contribution is 2.31. The van der Waals surface area contributed by atoms with E-state index < -0.39 is 5.82 Å². The van der Waals surface area contributed by atoms with Crippen LogP contribution in [-0.4, -0.2) is 44.3 Å². The van der Waals surface area contributed by atoms with Gasteiger partial charge in [0.2, 0.25) is 0 Å². The Balaban J connectivity index is 1.66. The number of imidazole rings is 1. The summed E-state index contributed by atoms with van der Waals surface area (Å²) in [5, 5.41) is 0. The van der Waals surface area contributed by atoms with Crippen molar-refractivity contribution in [2.75, 3.05) is 13.7 Å². The SMILES string of the molecule is CC/N=C(/c1nc2c(-c3cc(F)cc(OC)c3)cncc2[nH]1)c1nc(-c2cnccc2C)ccc1C. The van der Waals surface area contributed by atoms with Crippen LogP contribution in [0.25, 0.3) is 33.4 Å². The lowest BCUT2D eigenvalue weighted by atomic mass is 10.0. The Morgan fingerprint density at radius 2 is 1.81 bits per heavy atom. The third kappa shape index (κ3) is 4.33. The van der Waals surface area contributed by atoms with Crippen molar-refractivity contribution in [3.8, 4) is 28.1 Å². The lowest BCUT2D eigenvalue weighted by Crippen LogP contribution is -2.11. The molecule has 36 heavy (non-hydrogen) atoms. The molecule has 0 radical (unpaired) electrons. The Bertz CT molecular complexity index is 1610. The Morgan fingerprint density at radius 1 is 0.972 bits per heavy atom. The average Bonchev–Trinajstić information content (AvgIpc) is 3.32.